The molecule has 0 atom stereocenters. The van der Waals surface area contributed by atoms with Crippen molar-refractivity contribution in [3.05, 3.63) is 44.7 Å². The van der Waals surface area contributed by atoms with Crippen molar-refractivity contribution in [1.82, 2.24) is 15.2 Å². The second-order valence-electron chi connectivity index (χ2n) is 3.20. The molecule has 0 aliphatic heterocycles. The van der Waals surface area contributed by atoms with Gasteiger partial charge in [0.15, 0.2) is 11.0 Å². The van der Waals surface area contributed by atoms with Gasteiger partial charge in [-0.2, -0.15) is 4.98 Å². The first-order chi connectivity index (χ1) is 8.15. The molecule has 0 unspecified atom stereocenters. The largest absolute Gasteiger partial charge is 0.363 e. The number of benzene rings is 1. The maximum atomic E-state index is 5.82. The first-order valence-corrected chi connectivity index (χ1v) is 6.24. The number of anilines is 1. The third kappa shape index (κ3) is 3.52. The maximum Gasteiger partial charge on any atom is 0.245 e. The summed E-state index contributed by atoms with van der Waals surface area (Å²) in [6.45, 7) is 0.585. The van der Waals surface area contributed by atoms with Gasteiger partial charge in [-0.3, -0.25) is 0 Å². The minimum absolute atomic E-state index is 0.0627. The van der Waals surface area contributed by atoms with E-state index in [4.69, 9.17) is 23.2 Å². The Labute approximate surface area is 117 Å². The van der Waals surface area contributed by atoms with Gasteiger partial charge in [0.25, 0.3) is 0 Å². The molecule has 0 spiro atoms. The van der Waals surface area contributed by atoms with E-state index in [9.17, 15) is 0 Å². The van der Waals surface area contributed by atoms with Crippen molar-refractivity contribution in [2.45, 2.75) is 6.54 Å². The predicted molar refractivity (Wildman–Crippen MR) is 71.3 cm³/mol. The highest BCUT2D eigenvalue weighted by Gasteiger charge is 2.05. The van der Waals surface area contributed by atoms with Crippen LogP contribution in [0.2, 0.25) is 10.4 Å². The zero-order valence-electron chi connectivity index (χ0n) is 8.49. The van der Waals surface area contributed by atoms with Crippen LogP contribution in [0.15, 0.2) is 28.7 Å². The van der Waals surface area contributed by atoms with E-state index in [0.29, 0.717) is 12.4 Å². The van der Waals surface area contributed by atoms with Gasteiger partial charge in [-0.1, -0.05) is 39.7 Å². The van der Waals surface area contributed by atoms with Crippen molar-refractivity contribution in [2.75, 3.05) is 5.32 Å². The molecule has 4 nitrogen and oxygen atoms in total. The number of aromatic nitrogens is 3. The van der Waals surface area contributed by atoms with Gasteiger partial charge < -0.3 is 5.32 Å². The third-order valence-corrected chi connectivity index (χ3v) is 2.94. The lowest BCUT2D eigenvalue weighted by molar-refractivity contribution is 0.958. The SMILES string of the molecule is Clc1nnc(Cl)c(NCc2ccc(Br)cc2)n1. The molecule has 1 aromatic carbocycles. The van der Waals surface area contributed by atoms with Gasteiger partial charge in [-0.05, 0) is 29.3 Å². The van der Waals surface area contributed by atoms with Crippen LogP contribution in [0.4, 0.5) is 5.82 Å². The average Bonchev–Trinajstić information content (AvgIpc) is 2.32. The molecule has 0 amide bonds. The Morgan fingerprint density at radius 3 is 2.53 bits per heavy atom. The lowest BCUT2D eigenvalue weighted by Gasteiger charge is -2.06. The molecule has 0 fully saturated rings. The van der Waals surface area contributed by atoms with Crippen LogP contribution in [-0.2, 0) is 6.54 Å². The number of hydrogen-bond donors (Lipinski definition) is 1. The second kappa shape index (κ2) is 5.62. The molecule has 0 bridgehead atoms. The predicted octanol–water partition coefficient (Wildman–Crippen LogP) is 3.55. The molecule has 2 rings (SSSR count). The van der Waals surface area contributed by atoms with Crippen LogP contribution >= 0.6 is 39.1 Å². The smallest absolute Gasteiger partial charge is 0.245 e. The van der Waals surface area contributed by atoms with Gasteiger partial charge in [0.1, 0.15) is 0 Å². The van der Waals surface area contributed by atoms with Gasteiger partial charge in [0.2, 0.25) is 5.28 Å². The Bertz CT molecular complexity index is 518. The lowest BCUT2D eigenvalue weighted by Crippen LogP contribution is -2.04. The summed E-state index contributed by atoms with van der Waals surface area (Å²) < 4.78 is 1.03. The highest BCUT2D eigenvalue weighted by atomic mass is 79.9. The number of nitrogens with zero attached hydrogens (tertiary/aromatic N) is 3. The molecule has 0 aliphatic carbocycles. The summed E-state index contributed by atoms with van der Waals surface area (Å²) in [6, 6.07) is 7.90. The summed E-state index contributed by atoms with van der Waals surface area (Å²) in [6.07, 6.45) is 0. The van der Waals surface area contributed by atoms with Crippen LogP contribution in [0.25, 0.3) is 0 Å². The van der Waals surface area contributed by atoms with Crippen molar-refractivity contribution in [2.24, 2.45) is 0 Å². The number of halogens is 3. The summed E-state index contributed by atoms with van der Waals surface area (Å²) in [5, 5.41) is 10.5. The van der Waals surface area contributed by atoms with E-state index >= 15 is 0 Å². The molecular formula is C10H7BrCl2N4. The monoisotopic (exact) mass is 332 g/mol. The second-order valence-corrected chi connectivity index (χ2v) is 4.81. The molecule has 1 N–H and O–H groups in total. The number of nitrogens with one attached hydrogen (secondary N) is 1. The van der Waals surface area contributed by atoms with Crippen LogP contribution in [-0.4, -0.2) is 15.2 Å². The Morgan fingerprint density at radius 1 is 1.12 bits per heavy atom. The van der Waals surface area contributed by atoms with Crippen LogP contribution < -0.4 is 5.32 Å². The summed E-state index contributed by atoms with van der Waals surface area (Å²) in [5.74, 6) is 0.426. The molecule has 88 valence electrons. The van der Waals surface area contributed by atoms with E-state index in [2.05, 4.69) is 36.4 Å². The molecule has 0 aliphatic rings. The zero-order chi connectivity index (χ0) is 12.3. The van der Waals surface area contributed by atoms with E-state index in [1.54, 1.807) is 0 Å². The molecule has 0 saturated heterocycles. The van der Waals surface area contributed by atoms with Gasteiger partial charge in [-0.15, -0.1) is 10.2 Å². The topological polar surface area (TPSA) is 50.7 Å². The van der Waals surface area contributed by atoms with Gasteiger partial charge >= 0.3 is 0 Å². The summed E-state index contributed by atoms with van der Waals surface area (Å²) in [4.78, 5) is 3.94. The Hall–Kier alpha value is -0.910. The molecule has 17 heavy (non-hydrogen) atoms. The average molecular weight is 334 g/mol. The molecule has 1 heterocycles. The van der Waals surface area contributed by atoms with Crippen molar-refractivity contribution < 1.29 is 0 Å². The fraction of sp³-hybridized carbons (Fsp3) is 0.100. The van der Waals surface area contributed by atoms with E-state index in [1.165, 1.54) is 0 Å². The maximum absolute atomic E-state index is 5.82. The van der Waals surface area contributed by atoms with Crippen molar-refractivity contribution in [1.29, 1.82) is 0 Å². The third-order valence-electron chi connectivity index (χ3n) is 1.99. The van der Waals surface area contributed by atoms with Gasteiger partial charge in [0.05, 0.1) is 0 Å². The van der Waals surface area contributed by atoms with Crippen LogP contribution in [0, 0.1) is 0 Å². The van der Waals surface area contributed by atoms with E-state index in [-0.39, 0.29) is 10.4 Å². The molecule has 0 saturated carbocycles. The fourth-order valence-corrected chi connectivity index (χ4v) is 1.73. The van der Waals surface area contributed by atoms with Crippen molar-refractivity contribution >= 4 is 44.9 Å². The fourth-order valence-electron chi connectivity index (χ4n) is 1.19. The van der Waals surface area contributed by atoms with E-state index < -0.39 is 0 Å². The standard InChI is InChI=1S/C10H7BrCl2N4/c11-7-3-1-6(2-4-7)5-14-9-8(12)16-17-10(13)15-9/h1-4H,5H2,(H,14,15,17). The first-order valence-electron chi connectivity index (χ1n) is 4.69. The van der Waals surface area contributed by atoms with Crippen molar-refractivity contribution in [3.8, 4) is 0 Å². The molecule has 0 radical (unpaired) electrons. The van der Waals surface area contributed by atoms with Gasteiger partial charge in [0, 0.05) is 11.0 Å². The molecular weight excluding hydrogens is 327 g/mol. The highest BCUT2D eigenvalue weighted by Crippen LogP contribution is 2.18. The molecule has 2 aromatic rings. The normalized spacial score (nSPS) is 10.3. The molecule has 1 aromatic heterocycles. The van der Waals surface area contributed by atoms with Crippen LogP contribution in [0.5, 0.6) is 0 Å². The highest BCUT2D eigenvalue weighted by molar-refractivity contribution is 9.10. The summed E-state index contributed by atoms with van der Waals surface area (Å²) in [7, 11) is 0. The van der Waals surface area contributed by atoms with Gasteiger partial charge in [-0.25, -0.2) is 0 Å². The minimum Gasteiger partial charge on any atom is -0.363 e. The number of hydrogen-bond acceptors (Lipinski definition) is 4. The number of rotatable bonds is 3. The Balaban J connectivity index is 2.07. The van der Waals surface area contributed by atoms with Crippen molar-refractivity contribution in [3.63, 3.8) is 0 Å². The zero-order valence-corrected chi connectivity index (χ0v) is 11.6. The first kappa shape index (κ1) is 12.5. The Morgan fingerprint density at radius 2 is 1.82 bits per heavy atom. The molecule has 7 heteroatoms. The van der Waals surface area contributed by atoms with E-state index in [0.717, 1.165) is 10.0 Å². The quantitative estimate of drug-likeness (QED) is 0.933. The Kier molecular flexibility index (Phi) is 4.15. The lowest BCUT2D eigenvalue weighted by atomic mass is 10.2. The van der Waals surface area contributed by atoms with Crippen LogP contribution in [0.3, 0.4) is 0 Å². The van der Waals surface area contributed by atoms with Crippen LogP contribution in [0.1, 0.15) is 5.56 Å². The summed E-state index contributed by atoms with van der Waals surface area (Å²) >= 11 is 14.8. The minimum atomic E-state index is 0.0627. The van der Waals surface area contributed by atoms with E-state index in [1.807, 2.05) is 24.3 Å². The summed E-state index contributed by atoms with van der Waals surface area (Å²) in [5.41, 5.74) is 1.10.